The highest BCUT2D eigenvalue weighted by molar-refractivity contribution is 7.98. The average Bonchev–Trinajstić information content (AvgIpc) is 3.20. The number of thioether (sulfide) groups is 1. The summed E-state index contributed by atoms with van der Waals surface area (Å²) in [6.45, 7) is 2.49. The summed E-state index contributed by atoms with van der Waals surface area (Å²) in [4.78, 5) is 32.9. The van der Waals surface area contributed by atoms with E-state index in [-0.39, 0.29) is 30.6 Å². The van der Waals surface area contributed by atoms with Gasteiger partial charge in [-0.15, -0.1) is 0 Å². The number of imidazole rings is 1. The summed E-state index contributed by atoms with van der Waals surface area (Å²) < 4.78 is 5.39. The van der Waals surface area contributed by atoms with Crippen LogP contribution in [0.1, 0.15) is 48.4 Å². The highest BCUT2D eigenvalue weighted by Gasteiger charge is 2.19. The van der Waals surface area contributed by atoms with Crippen LogP contribution in [-0.2, 0) is 4.79 Å². The summed E-state index contributed by atoms with van der Waals surface area (Å²) in [5.74, 6) is 2.16. The highest BCUT2D eigenvalue weighted by Crippen LogP contribution is 2.20. The lowest BCUT2D eigenvalue weighted by Gasteiger charge is -2.16. The van der Waals surface area contributed by atoms with E-state index in [0.717, 1.165) is 34.8 Å². The van der Waals surface area contributed by atoms with Gasteiger partial charge in [0.2, 0.25) is 5.91 Å². The normalized spacial score (nSPS) is 11.9. The first-order valence-corrected chi connectivity index (χ1v) is 11.5. The van der Waals surface area contributed by atoms with E-state index in [9.17, 15) is 9.59 Å². The zero-order valence-electron chi connectivity index (χ0n) is 17.3. The van der Waals surface area contributed by atoms with Crippen molar-refractivity contribution >= 4 is 34.5 Å². The Morgan fingerprint density at radius 2 is 1.90 bits per heavy atom. The Bertz CT molecular complexity index is 952. The van der Waals surface area contributed by atoms with Gasteiger partial charge in [-0.25, -0.2) is 4.98 Å². The van der Waals surface area contributed by atoms with Crippen LogP contribution in [0.15, 0.2) is 48.5 Å². The third-order valence-electron chi connectivity index (χ3n) is 4.75. The Kier molecular flexibility index (Phi) is 7.90. The average molecular weight is 426 g/mol. The predicted molar refractivity (Wildman–Crippen MR) is 121 cm³/mol. The topological polar surface area (TPSA) is 84.1 Å². The number of para-hydroxylation sites is 2. The van der Waals surface area contributed by atoms with Crippen molar-refractivity contribution in [1.29, 1.82) is 0 Å². The summed E-state index contributed by atoms with van der Waals surface area (Å²) in [5, 5.41) is 3.04. The molecule has 0 spiro atoms. The highest BCUT2D eigenvalue weighted by atomic mass is 32.2. The summed E-state index contributed by atoms with van der Waals surface area (Å²) in [6, 6.07) is 14.6. The van der Waals surface area contributed by atoms with E-state index in [0.29, 0.717) is 12.2 Å². The van der Waals surface area contributed by atoms with Crippen LogP contribution in [-0.4, -0.2) is 40.3 Å². The third kappa shape index (κ3) is 5.86. The maximum Gasteiger partial charge on any atom is 0.221 e. The second kappa shape index (κ2) is 10.8. The van der Waals surface area contributed by atoms with Gasteiger partial charge in [0, 0.05) is 18.4 Å². The summed E-state index contributed by atoms with van der Waals surface area (Å²) in [6.07, 6.45) is 3.10. The Hall–Kier alpha value is -2.80. The monoisotopic (exact) mass is 425 g/mol. The van der Waals surface area contributed by atoms with Gasteiger partial charge in [0.15, 0.2) is 5.78 Å². The summed E-state index contributed by atoms with van der Waals surface area (Å²) in [5.41, 5.74) is 2.41. The molecule has 1 heterocycles. The van der Waals surface area contributed by atoms with Crippen LogP contribution in [0.5, 0.6) is 5.75 Å². The standard InChI is InChI=1S/C23H27N3O3S/c1-3-29-17-10-8-16(9-11-17)21(27)12-13-22(28)24-20(14-15-30-2)23-25-18-6-4-5-7-19(18)26-23/h4-11,20H,3,12-15H2,1-2H3,(H,24,28)(H,25,26). The van der Waals surface area contributed by atoms with E-state index < -0.39 is 0 Å². The molecule has 3 aromatic rings. The number of fused-ring (bicyclic) bond motifs is 1. The number of amides is 1. The van der Waals surface area contributed by atoms with E-state index in [1.54, 1.807) is 36.0 Å². The smallest absolute Gasteiger partial charge is 0.221 e. The van der Waals surface area contributed by atoms with Crippen LogP contribution in [0, 0.1) is 0 Å². The van der Waals surface area contributed by atoms with Gasteiger partial charge in [0.25, 0.3) is 0 Å². The van der Waals surface area contributed by atoms with Gasteiger partial charge in [-0.05, 0) is 61.8 Å². The molecule has 0 bridgehead atoms. The first-order chi connectivity index (χ1) is 14.6. The van der Waals surface area contributed by atoms with Crippen LogP contribution >= 0.6 is 11.8 Å². The number of ketones is 1. The number of hydrogen-bond acceptors (Lipinski definition) is 5. The Morgan fingerprint density at radius 3 is 2.60 bits per heavy atom. The summed E-state index contributed by atoms with van der Waals surface area (Å²) >= 11 is 1.72. The van der Waals surface area contributed by atoms with Gasteiger partial charge in [-0.2, -0.15) is 11.8 Å². The number of carbonyl (C=O) groups is 2. The van der Waals surface area contributed by atoms with Crippen molar-refractivity contribution in [3.8, 4) is 5.75 Å². The number of nitrogens with one attached hydrogen (secondary N) is 2. The van der Waals surface area contributed by atoms with Gasteiger partial charge in [-0.3, -0.25) is 9.59 Å². The number of carbonyl (C=O) groups excluding carboxylic acids is 2. The van der Waals surface area contributed by atoms with E-state index in [4.69, 9.17) is 4.74 Å². The van der Waals surface area contributed by atoms with Crippen LogP contribution < -0.4 is 10.1 Å². The molecular weight excluding hydrogens is 398 g/mol. The molecule has 1 atom stereocenters. The lowest BCUT2D eigenvalue weighted by atomic mass is 10.1. The SMILES string of the molecule is CCOc1ccc(C(=O)CCC(=O)NC(CCSC)c2nc3ccccc3[nH]2)cc1. The quantitative estimate of drug-likeness (QED) is 0.441. The van der Waals surface area contributed by atoms with Crippen molar-refractivity contribution in [2.75, 3.05) is 18.6 Å². The molecule has 0 fully saturated rings. The minimum absolute atomic E-state index is 0.0578. The van der Waals surface area contributed by atoms with Gasteiger partial charge in [0.1, 0.15) is 11.6 Å². The van der Waals surface area contributed by atoms with Crippen molar-refractivity contribution in [3.05, 3.63) is 59.9 Å². The van der Waals surface area contributed by atoms with Crippen molar-refractivity contribution in [1.82, 2.24) is 15.3 Å². The molecule has 6 nitrogen and oxygen atoms in total. The van der Waals surface area contributed by atoms with Crippen molar-refractivity contribution in [2.24, 2.45) is 0 Å². The number of benzene rings is 2. The molecule has 0 radical (unpaired) electrons. The van der Waals surface area contributed by atoms with Crippen molar-refractivity contribution < 1.29 is 14.3 Å². The second-order valence-corrected chi connectivity index (χ2v) is 7.91. The number of ether oxygens (including phenoxy) is 1. The van der Waals surface area contributed by atoms with E-state index in [1.165, 1.54) is 0 Å². The number of Topliss-reactive ketones (excluding diaryl/α,β-unsaturated/α-hetero) is 1. The molecule has 158 valence electrons. The Labute approximate surface area is 180 Å². The zero-order valence-corrected chi connectivity index (χ0v) is 18.1. The molecule has 2 N–H and O–H groups in total. The number of H-pyrrole nitrogens is 1. The van der Waals surface area contributed by atoms with Crippen LogP contribution in [0.3, 0.4) is 0 Å². The molecule has 3 rings (SSSR count). The number of aromatic nitrogens is 2. The molecule has 7 heteroatoms. The lowest BCUT2D eigenvalue weighted by Crippen LogP contribution is -2.30. The molecular formula is C23H27N3O3S. The molecule has 0 aliphatic rings. The maximum absolute atomic E-state index is 12.5. The van der Waals surface area contributed by atoms with Crippen molar-refractivity contribution in [2.45, 2.75) is 32.2 Å². The van der Waals surface area contributed by atoms with Gasteiger partial charge < -0.3 is 15.0 Å². The van der Waals surface area contributed by atoms with Gasteiger partial charge in [-0.1, -0.05) is 12.1 Å². The molecule has 30 heavy (non-hydrogen) atoms. The Morgan fingerprint density at radius 1 is 1.13 bits per heavy atom. The molecule has 0 saturated carbocycles. The van der Waals surface area contributed by atoms with Crippen LogP contribution in [0.2, 0.25) is 0 Å². The number of nitrogens with zero attached hydrogens (tertiary/aromatic N) is 1. The van der Waals surface area contributed by atoms with Crippen molar-refractivity contribution in [3.63, 3.8) is 0 Å². The molecule has 0 saturated heterocycles. The van der Waals surface area contributed by atoms with E-state index >= 15 is 0 Å². The fourth-order valence-electron chi connectivity index (χ4n) is 3.19. The lowest BCUT2D eigenvalue weighted by molar-refractivity contribution is -0.121. The molecule has 1 amide bonds. The summed E-state index contributed by atoms with van der Waals surface area (Å²) in [7, 11) is 0. The molecule has 1 aromatic heterocycles. The minimum atomic E-state index is -0.210. The number of aromatic amines is 1. The van der Waals surface area contributed by atoms with Gasteiger partial charge >= 0.3 is 0 Å². The Balaban J connectivity index is 1.59. The van der Waals surface area contributed by atoms with E-state index in [1.807, 2.05) is 37.4 Å². The third-order valence-corrected chi connectivity index (χ3v) is 5.39. The fourth-order valence-corrected chi connectivity index (χ4v) is 3.66. The van der Waals surface area contributed by atoms with Crippen LogP contribution in [0.25, 0.3) is 11.0 Å². The number of hydrogen-bond donors (Lipinski definition) is 2. The number of rotatable bonds is 11. The second-order valence-electron chi connectivity index (χ2n) is 6.92. The largest absolute Gasteiger partial charge is 0.494 e. The van der Waals surface area contributed by atoms with Gasteiger partial charge in [0.05, 0.1) is 23.7 Å². The first kappa shape index (κ1) is 21.9. The molecule has 0 aliphatic carbocycles. The van der Waals surface area contributed by atoms with Crippen LogP contribution in [0.4, 0.5) is 0 Å². The minimum Gasteiger partial charge on any atom is -0.494 e. The molecule has 0 aliphatic heterocycles. The van der Waals surface area contributed by atoms with E-state index in [2.05, 4.69) is 15.3 Å². The fraction of sp³-hybridized carbons (Fsp3) is 0.348. The first-order valence-electron chi connectivity index (χ1n) is 10.1. The predicted octanol–water partition coefficient (Wildman–Crippen LogP) is 4.54. The molecule has 1 unspecified atom stereocenters. The maximum atomic E-state index is 12.5. The molecule has 2 aromatic carbocycles. The zero-order chi connectivity index (χ0) is 21.3.